The number of halogens is 4. The maximum Gasteiger partial charge on any atom is 0.419 e. The SMILES string of the molecule is COc1ccc(Oc2cc(Nc3cc(F)ccc3C(N)=O)c(C(F)(F)F)cn2)cc1. The molecular weight excluding hydrogens is 406 g/mol. The number of amides is 1. The molecule has 6 nitrogen and oxygen atoms in total. The molecule has 0 radical (unpaired) electrons. The molecule has 0 unspecified atom stereocenters. The van der Waals surface area contributed by atoms with E-state index in [9.17, 15) is 22.4 Å². The van der Waals surface area contributed by atoms with E-state index in [2.05, 4.69) is 10.3 Å². The molecule has 10 heteroatoms. The highest BCUT2D eigenvalue weighted by molar-refractivity contribution is 5.99. The molecule has 3 N–H and O–H groups in total. The van der Waals surface area contributed by atoms with Crippen molar-refractivity contribution in [1.29, 1.82) is 0 Å². The minimum atomic E-state index is -4.77. The first-order valence-corrected chi connectivity index (χ1v) is 8.43. The minimum absolute atomic E-state index is 0.160. The molecule has 0 aliphatic heterocycles. The van der Waals surface area contributed by atoms with Gasteiger partial charge in [-0.1, -0.05) is 0 Å². The van der Waals surface area contributed by atoms with E-state index in [4.69, 9.17) is 15.2 Å². The first kappa shape index (κ1) is 20.9. The lowest BCUT2D eigenvalue weighted by Crippen LogP contribution is -2.15. The summed E-state index contributed by atoms with van der Waals surface area (Å²) in [4.78, 5) is 15.2. The van der Waals surface area contributed by atoms with Crippen molar-refractivity contribution >= 4 is 17.3 Å². The van der Waals surface area contributed by atoms with Crippen molar-refractivity contribution in [3.8, 4) is 17.4 Å². The van der Waals surface area contributed by atoms with Gasteiger partial charge in [-0.15, -0.1) is 0 Å². The smallest absolute Gasteiger partial charge is 0.419 e. The third-order valence-electron chi connectivity index (χ3n) is 3.98. The molecule has 0 saturated heterocycles. The molecule has 1 aromatic heterocycles. The normalized spacial score (nSPS) is 11.1. The molecule has 1 amide bonds. The van der Waals surface area contributed by atoms with Crippen LogP contribution in [0.2, 0.25) is 0 Å². The van der Waals surface area contributed by atoms with E-state index >= 15 is 0 Å². The van der Waals surface area contributed by atoms with Gasteiger partial charge in [-0.05, 0) is 42.5 Å². The highest BCUT2D eigenvalue weighted by Crippen LogP contribution is 2.38. The molecule has 0 saturated carbocycles. The average molecular weight is 421 g/mol. The molecule has 0 spiro atoms. The highest BCUT2D eigenvalue weighted by atomic mass is 19.4. The summed E-state index contributed by atoms with van der Waals surface area (Å²) in [5.74, 6) is -0.991. The van der Waals surface area contributed by atoms with Gasteiger partial charge in [-0.3, -0.25) is 4.79 Å². The number of ether oxygens (including phenoxy) is 2. The van der Waals surface area contributed by atoms with Crippen LogP contribution in [0.1, 0.15) is 15.9 Å². The molecule has 1 heterocycles. The second-order valence-corrected chi connectivity index (χ2v) is 6.02. The molecule has 0 fully saturated rings. The number of alkyl halides is 3. The van der Waals surface area contributed by atoms with Gasteiger partial charge in [0.2, 0.25) is 5.88 Å². The standard InChI is InChI=1S/C20H15F4N3O3/c1-29-12-3-5-13(6-4-12)30-18-9-17(15(10-26-18)20(22,23)24)27-16-8-11(21)2-7-14(16)19(25)28/h2-10H,1H3,(H2,25,28)(H,26,27). The van der Waals surface area contributed by atoms with Crippen molar-refractivity contribution in [3.63, 3.8) is 0 Å². The Kier molecular flexibility index (Phi) is 5.77. The number of pyridine rings is 1. The van der Waals surface area contributed by atoms with Crippen molar-refractivity contribution in [2.45, 2.75) is 6.18 Å². The van der Waals surface area contributed by atoms with E-state index in [1.807, 2.05) is 0 Å². The number of hydrogen-bond acceptors (Lipinski definition) is 5. The lowest BCUT2D eigenvalue weighted by molar-refractivity contribution is -0.137. The molecule has 156 valence electrons. The minimum Gasteiger partial charge on any atom is -0.497 e. The summed E-state index contributed by atoms with van der Waals surface area (Å²) in [5, 5.41) is 2.41. The van der Waals surface area contributed by atoms with E-state index in [1.165, 1.54) is 7.11 Å². The van der Waals surface area contributed by atoms with Crippen LogP contribution in [-0.2, 0) is 6.18 Å². The van der Waals surface area contributed by atoms with Crippen LogP contribution >= 0.6 is 0 Å². The average Bonchev–Trinajstić information content (AvgIpc) is 2.67. The largest absolute Gasteiger partial charge is 0.497 e. The molecule has 3 rings (SSSR count). The van der Waals surface area contributed by atoms with Crippen LogP contribution in [0, 0.1) is 5.82 Å². The van der Waals surface area contributed by atoms with E-state index in [0.717, 1.165) is 24.3 Å². The third kappa shape index (κ3) is 4.77. The summed E-state index contributed by atoms with van der Waals surface area (Å²) >= 11 is 0. The second-order valence-electron chi connectivity index (χ2n) is 6.02. The molecule has 0 aliphatic rings. The Morgan fingerprint density at radius 2 is 1.70 bits per heavy atom. The highest BCUT2D eigenvalue weighted by Gasteiger charge is 2.35. The maximum absolute atomic E-state index is 13.6. The van der Waals surface area contributed by atoms with Gasteiger partial charge < -0.3 is 20.5 Å². The van der Waals surface area contributed by atoms with Crippen molar-refractivity contribution in [3.05, 3.63) is 71.7 Å². The number of benzene rings is 2. The summed E-state index contributed by atoms with van der Waals surface area (Å²) in [5.41, 5.74) is 3.19. The Labute approximate surface area is 168 Å². The van der Waals surface area contributed by atoms with Crippen LogP contribution < -0.4 is 20.5 Å². The van der Waals surface area contributed by atoms with Crippen molar-refractivity contribution in [2.75, 3.05) is 12.4 Å². The van der Waals surface area contributed by atoms with Gasteiger partial charge in [-0.25, -0.2) is 9.37 Å². The predicted octanol–water partition coefficient (Wildman–Crippen LogP) is 4.88. The van der Waals surface area contributed by atoms with E-state index in [-0.39, 0.29) is 17.1 Å². The monoisotopic (exact) mass is 421 g/mol. The number of aromatic nitrogens is 1. The van der Waals surface area contributed by atoms with Crippen LogP contribution in [0.25, 0.3) is 0 Å². The summed E-state index contributed by atoms with van der Waals surface area (Å²) in [6.07, 6.45) is -4.20. The van der Waals surface area contributed by atoms with Gasteiger partial charge in [0.25, 0.3) is 5.91 Å². The number of methoxy groups -OCH3 is 1. The zero-order chi connectivity index (χ0) is 21.9. The number of anilines is 2. The first-order valence-electron chi connectivity index (χ1n) is 8.43. The Morgan fingerprint density at radius 1 is 1.03 bits per heavy atom. The van der Waals surface area contributed by atoms with Gasteiger partial charge in [0, 0.05) is 12.3 Å². The van der Waals surface area contributed by atoms with Crippen molar-refractivity contribution in [1.82, 2.24) is 4.98 Å². The Bertz CT molecular complexity index is 1070. The van der Waals surface area contributed by atoms with Crippen LogP contribution in [0.4, 0.5) is 28.9 Å². The number of nitrogens with one attached hydrogen (secondary N) is 1. The predicted molar refractivity (Wildman–Crippen MR) is 101 cm³/mol. The van der Waals surface area contributed by atoms with Gasteiger partial charge >= 0.3 is 6.18 Å². The zero-order valence-corrected chi connectivity index (χ0v) is 15.5. The zero-order valence-electron chi connectivity index (χ0n) is 15.5. The van der Waals surface area contributed by atoms with E-state index < -0.39 is 29.2 Å². The van der Waals surface area contributed by atoms with Gasteiger partial charge in [-0.2, -0.15) is 13.2 Å². The molecule has 0 bridgehead atoms. The summed E-state index contributed by atoms with van der Waals surface area (Å²) < 4.78 is 64.4. The third-order valence-corrected chi connectivity index (χ3v) is 3.98. The molecule has 0 aliphatic carbocycles. The fourth-order valence-corrected chi connectivity index (χ4v) is 2.57. The summed E-state index contributed by atoms with van der Waals surface area (Å²) in [6.45, 7) is 0. The number of nitrogens with two attached hydrogens (primary N) is 1. The van der Waals surface area contributed by atoms with Crippen molar-refractivity contribution in [2.24, 2.45) is 5.73 Å². The topological polar surface area (TPSA) is 86.5 Å². The first-order chi connectivity index (χ1) is 14.2. The number of nitrogens with zero attached hydrogens (tertiary/aromatic N) is 1. The fraction of sp³-hybridized carbons (Fsp3) is 0.100. The molecule has 2 aromatic carbocycles. The fourth-order valence-electron chi connectivity index (χ4n) is 2.57. The molecule has 0 atom stereocenters. The quantitative estimate of drug-likeness (QED) is 0.554. The second kappa shape index (κ2) is 8.27. The van der Waals surface area contributed by atoms with Gasteiger partial charge in [0.15, 0.2) is 0 Å². The number of carbonyl (C=O) groups is 1. The Morgan fingerprint density at radius 3 is 2.30 bits per heavy atom. The van der Waals surface area contributed by atoms with E-state index in [0.29, 0.717) is 17.7 Å². The Hall–Kier alpha value is -3.82. The molecule has 30 heavy (non-hydrogen) atoms. The van der Waals surface area contributed by atoms with Gasteiger partial charge in [0.1, 0.15) is 17.3 Å². The lowest BCUT2D eigenvalue weighted by Gasteiger charge is -2.17. The van der Waals surface area contributed by atoms with Crippen LogP contribution in [0.3, 0.4) is 0 Å². The van der Waals surface area contributed by atoms with Gasteiger partial charge in [0.05, 0.1) is 29.6 Å². The number of rotatable bonds is 6. The molecular formula is C20H15F4N3O3. The number of hydrogen-bond donors (Lipinski definition) is 2. The Balaban J connectivity index is 2.00. The van der Waals surface area contributed by atoms with Crippen LogP contribution in [0.15, 0.2) is 54.7 Å². The van der Waals surface area contributed by atoms with E-state index in [1.54, 1.807) is 24.3 Å². The van der Waals surface area contributed by atoms with Crippen LogP contribution in [0.5, 0.6) is 17.4 Å². The number of primary amides is 1. The summed E-state index contributed by atoms with van der Waals surface area (Å²) in [6, 6.07) is 10.2. The van der Waals surface area contributed by atoms with Crippen LogP contribution in [-0.4, -0.2) is 18.0 Å². The summed E-state index contributed by atoms with van der Waals surface area (Å²) in [7, 11) is 1.48. The maximum atomic E-state index is 13.6. The van der Waals surface area contributed by atoms with Crippen molar-refractivity contribution < 1.29 is 31.8 Å². The number of carbonyl (C=O) groups excluding carboxylic acids is 1. The lowest BCUT2D eigenvalue weighted by atomic mass is 10.1. The molecule has 3 aromatic rings.